The van der Waals surface area contributed by atoms with Gasteiger partial charge in [-0.15, -0.1) is 12.3 Å². The second-order valence-corrected chi connectivity index (χ2v) is 12.0. The van der Waals surface area contributed by atoms with Crippen LogP contribution in [0.4, 0.5) is 5.69 Å². The van der Waals surface area contributed by atoms with Gasteiger partial charge in [0, 0.05) is 60.3 Å². The van der Waals surface area contributed by atoms with Gasteiger partial charge in [0.2, 0.25) is 11.8 Å². The van der Waals surface area contributed by atoms with Crippen molar-refractivity contribution in [2.45, 2.75) is 44.2 Å². The average Bonchev–Trinajstić information content (AvgIpc) is 3.38. The molecule has 0 aliphatic carbocycles. The molecule has 11 heteroatoms. The highest BCUT2D eigenvalue weighted by molar-refractivity contribution is 6.09. The zero-order valence-electron chi connectivity index (χ0n) is 26.7. The molecule has 1 unspecified atom stereocenters. The number of esters is 1. The van der Waals surface area contributed by atoms with Crippen LogP contribution in [0, 0.1) is 29.6 Å². The molecule has 2 heterocycles. The highest BCUT2D eigenvalue weighted by atomic mass is 16.6. The molecule has 0 bridgehead atoms. The van der Waals surface area contributed by atoms with Crippen LogP contribution in [0.5, 0.6) is 23.0 Å². The summed E-state index contributed by atoms with van der Waals surface area (Å²) < 4.78 is 12.1. The molecule has 4 N–H and O–H groups in total. The molecule has 0 saturated heterocycles. The summed E-state index contributed by atoms with van der Waals surface area (Å²) in [6.07, 6.45) is 6.68. The van der Waals surface area contributed by atoms with Gasteiger partial charge in [-0.3, -0.25) is 14.4 Å². The van der Waals surface area contributed by atoms with Crippen molar-refractivity contribution in [3.63, 3.8) is 0 Å². The molecule has 0 saturated carbocycles. The summed E-state index contributed by atoms with van der Waals surface area (Å²) in [6.45, 7) is 0.196. The normalized spacial score (nSPS) is 13.7. The second kappa shape index (κ2) is 13.9. The summed E-state index contributed by atoms with van der Waals surface area (Å²) in [5.74, 6) is -0.581. The third-order valence-electron chi connectivity index (χ3n) is 8.65. The van der Waals surface area contributed by atoms with E-state index in [1.807, 2.05) is 6.07 Å². The van der Waals surface area contributed by atoms with E-state index in [9.17, 15) is 34.7 Å². The van der Waals surface area contributed by atoms with Crippen LogP contribution in [0.1, 0.15) is 63.9 Å². The number of terminal acetylenes is 1. The number of aryl methyl sites for hydroxylation is 1. The van der Waals surface area contributed by atoms with E-state index in [2.05, 4.69) is 16.6 Å². The Kier molecular flexibility index (Phi) is 9.24. The van der Waals surface area contributed by atoms with Crippen LogP contribution in [0.2, 0.25) is 0 Å². The molecule has 1 spiro atoms. The number of carbonyl (C=O) groups excluding carboxylic acids is 4. The van der Waals surface area contributed by atoms with Crippen molar-refractivity contribution in [2.75, 3.05) is 5.32 Å². The quantitative estimate of drug-likeness (QED) is 0.0930. The summed E-state index contributed by atoms with van der Waals surface area (Å²) >= 11 is 0. The first-order valence-electron chi connectivity index (χ1n) is 15.9. The van der Waals surface area contributed by atoms with Crippen LogP contribution in [0.15, 0.2) is 78.9 Å². The number of hydrogen-bond acceptors (Lipinski definition) is 9. The van der Waals surface area contributed by atoms with E-state index in [0.717, 1.165) is 11.1 Å². The highest BCUT2D eigenvalue weighted by Gasteiger charge is 2.53. The van der Waals surface area contributed by atoms with E-state index < -0.39 is 29.2 Å². The van der Waals surface area contributed by atoms with E-state index in [0.29, 0.717) is 40.8 Å². The van der Waals surface area contributed by atoms with Crippen molar-refractivity contribution in [3.05, 3.63) is 112 Å². The predicted molar refractivity (Wildman–Crippen MR) is 180 cm³/mol. The third-order valence-corrected chi connectivity index (χ3v) is 8.65. The van der Waals surface area contributed by atoms with E-state index in [1.54, 1.807) is 54.6 Å². The maximum atomic E-state index is 13.2. The fourth-order valence-corrected chi connectivity index (χ4v) is 6.18. The minimum Gasteiger partial charge on any atom is -0.508 e. The number of nitriles is 1. The number of phenols is 2. The lowest BCUT2D eigenvalue weighted by Gasteiger charge is -2.36. The van der Waals surface area contributed by atoms with Gasteiger partial charge in [0.05, 0.1) is 11.6 Å². The Balaban J connectivity index is 1.08. The molecule has 1 atom stereocenters. The lowest BCUT2D eigenvalue weighted by atomic mass is 9.77. The van der Waals surface area contributed by atoms with Gasteiger partial charge >= 0.3 is 5.97 Å². The molecule has 250 valence electrons. The van der Waals surface area contributed by atoms with Crippen molar-refractivity contribution in [3.8, 4) is 41.4 Å². The monoisotopic (exact) mass is 669 g/mol. The van der Waals surface area contributed by atoms with Crippen LogP contribution in [0.25, 0.3) is 0 Å². The fourth-order valence-electron chi connectivity index (χ4n) is 6.18. The first-order chi connectivity index (χ1) is 24.1. The molecule has 2 aliphatic heterocycles. The van der Waals surface area contributed by atoms with Crippen LogP contribution < -0.4 is 15.4 Å². The number of aromatic hydroxyl groups is 2. The fraction of sp³-hybridized carbons (Fsp3) is 0.205. The van der Waals surface area contributed by atoms with Crippen molar-refractivity contribution in [1.29, 1.82) is 5.26 Å². The minimum atomic E-state index is -1.43. The number of carbonyl (C=O) groups is 4. The number of rotatable bonds is 11. The molecule has 0 fully saturated rings. The maximum Gasteiger partial charge on any atom is 0.340 e. The number of anilines is 1. The minimum absolute atomic E-state index is 0.0407. The van der Waals surface area contributed by atoms with Gasteiger partial charge in [0.1, 0.15) is 23.0 Å². The number of amides is 2. The number of ketones is 1. The van der Waals surface area contributed by atoms with E-state index in [1.165, 1.54) is 24.3 Å². The molecule has 0 radical (unpaired) electrons. The first kappa shape index (κ1) is 33.3. The number of nitrogens with one attached hydrogen (secondary N) is 2. The lowest BCUT2D eigenvalue weighted by Crippen LogP contribution is -2.33. The number of fused-ring (bicyclic) bond motifs is 6. The van der Waals surface area contributed by atoms with Gasteiger partial charge < -0.3 is 30.3 Å². The Morgan fingerprint density at radius 2 is 1.52 bits per heavy atom. The molecule has 2 amide bonds. The van der Waals surface area contributed by atoms with Crippen LogP contribution in [-0.2, 0) is 37.7 Å². The first-order valence-corrected chi connectivity index (χ1v) is 15.9. The lowest BCUT2D eigenvalue weighted by molar-refractivity contribution is -0.129. The molecule has 6 rings (SSSR count). The van der Waals surface area contributed by atoms with Gasteiger partial charge in [-0.05, 0) is 72.5 Å². The van der Waals surface area contributed by atoms with Crippen molar-refractivity contribution in [1.82, 2.24) is 5.32 Å². The second-order valence-electron chi connectivity index (χ2n) is 12.0. The average molecular weight is 670 g/mol. The predicted octanol–water partition coefficient (Wildman–Crippen LogP) is 5.37. The van der Waals surface area contributed by atoms with Gasteiger partial charge in [-0.1, -0.05) is 18.2 Å². The van der Waals surface area contributed by atoms with E-state index in [-0.39, 0.29) is 54.7 Å². The summed E-state index contributed by atoms with van der Waals surface area (Å²) in [5.41, 5.74) is 2.63. The number of Topliss-reactive ketones (excluding diaryl/α,β-unsaturated/α-hetero) is 1. The molecule has 11 nitrogen and oxygen atoms in total. The summed E-state index contributed by atoms with van der Waals surface area (Å²) in [4.78, 5) is 50.5. The molecule has 50 heavy (non-hydrogen) atoms. The smallest absolute Gasteiger partial charge is 0.340 e. The van der Waals surface area contributed by atoms with Gasteiger partial charge in [-0.2, -0.15) is 5.26 Å². The van der Waals surface area contributed by atoms with Gasteiger partial charge in [-0.25, -0.2) is 4.79 Å². The molecule has 2 aliphatic rings. The summed E-state index contributed by atoms with van der Waals surface area (Å²) in [7, 11) is 0. The Morgan fingerprint density at radius 1 is 0.860 bits per heavy atom. The third kappa shape index (κ3) is 6.45. The van der Waals surface area contributed by atoms with Crippen LogP contribution in [-0.4, -0.2) is 33.8 Å². The molecule has 0 aromatic heterocycles. The molecular weight excluding hydrogens is 638 g/mol. The SMILES string of the molecule is C#CCCC(=O)C(C#N)C(=O)Nc1ccc(CCCC(=O)NCc2ccc3c(c2)C2(OC3=O)c3ccc(O)cc3Oc3cc(O)ccc32)cc1. The number of benzene rings is 4. The molecular formula is C39H31N3O8. The van der Waals surface area contributed by atoms with Crippen molar-refractivity contribution < 1.29 is 38.9 Å². The topological polar surface area (TPSA) is 175 Å². The zero-order chi connectivity index (χ0) is 35.4. The van der Waals surface area contributed by atoms with Gasteiger partial charge in [0.15, 0.2) is 17.3 Å². The van der Waals surface area contributed by atoms with Crippen molar-refractivity contribution >= 4 is 29.3 Å². The Labute approximate surface area is 287 Å². The Hall–Kier alpha value is -6.59. The van der Waals surface area contributed by atoms with Crippen molar-refractivity contribution in [2.24, 2.45) is 5.92 Å². The van der Waals surface area contributed by atoms with E-state index >= 15 is 0 Å². The summed E-state index contributed by atoms with van der Waals surface area (Å²) in [5, 5.41) is 35.1. The standard InChI is InChI=1S/C39H31N3O8/c1-2-3-6-33(45)29(21-40)37(47)42-25-11-8-23(9-12-25)5-4-7-36(46)41-22-24-10-15-28-32(18-24)39(50-38(28)48)30-16-13-26(43)19-34(30)49-35-20-27(44)14-17-31(35)39/h1,8-20,29,43-44H,3-7,22H2,(H,41,46)(H,42,47). The Bertz CT molecular complexity index is 2060. The zero-order valence-corrected chi connectivity index (χ0v) is 26.7. The van der Waals surface area contributed by atoms with Crippen LogP contribution in [0.3, 0.4) is 0 Å². The maximum absolute atomic E-state index is 13.2. The molecule has 4 aromatic carbocycles. The van der Waals surface area contributed by atoms with E-state index in [4.69, 9.17) is 15.9 Å². The largest absolute Gasteiger partial charge is 0.508 e. The van der Waals surface area contributed by atoms with Crippen LogP contribution >= 0.6 is 0 Å². The number of ether oxygens (including phenoxy) is 2. The number of hydrogen-bond donors (Lipinski definition) is 4. The molecule has 4 aromatic rings. The number of nitrogens with zero attached hydrogens (tertiary/aromatic N) is 1. The highest BCUT2D eigenvalue weighted by Crippen LogP contribution is 2.57. The number of phenolic OH excluding ortho intramolecular Hbond substituents is 2. The Morgan fingerprint density at radius 3 is 2.16 bits per heavy atom. The van der Waals surface area contributed by atoms with Gasteiger partial charge in [0.25, 0.3) is 0 Å². The summed E-state index contributed by atoms with van der Waals surface area (Å²) in [6, 6.07) is 23.0.